The number of piperazine rings is 1. The third kappa shape index (κ3) is 6.74. The second-order valence-electron chi connectivity index (χ2n) is 7.85. The van der Waals surface area contributed by atoms with Crippen LogP contribution in [0.1, 0.15) is 55.6 Å². The standard InChI is InChI=1S/C20H33N5O2S/c1-16-22-18(15-28-16)14-24-10-12-25(13-11-24)19(26)8-5-9-21-20(27)23-17-6-3-2-4-7-17/h15,17H,2-14H2,1H3,(H2,21,23,27). The van der Waals surface area contributed by atoms with E-state index in [0.29, 0.717) is 25.4 Å². The van der Waals surface area contributed by atoms with Gasteiger partial charge < -0.3 is 15.5 Å². The molecular weight excluding hydrogens is 374 g/mol. The molecule has 0 aromatic carbocycles. The lowest BCUT2D eigenvalue weighted by Gasteiger charge is -2.34. The number of thiazole rings is 1. The van der Waals surface area contributed by atoms with E-state index in [1.807, 2.05) is 11.8 Å². The van der Waals surface area contributed by atoms with Gasteiger partial charge in [0.25, 0.3) is 0 Å². The molecule has 1 saturated carbocycles. The first-order valence-corrected chi connectivity index (χ1v) is 11.4. The van der Waals surface area contributed by atoms with E-state index < -0.39 is 0 Å². The van der Waals surface area contributed by atoms with Crippen LogP contribution in [0.4, 0.5) is 4.79 Å². The number of hydrogen-bond acceptors (Lipinski definition) is 5. The Morgan fingerprint density at radius 1 is 1.18 bits per heavy atom. The number of urea groups is 1. The monoisotopic (exact) mass is 407 g/mol. The highest BCUT2D eigenvalue weighted by molar-refractivity contribution is 7.09. The number of aryl methyl sites for hydroxylation is 1. The molecule has 1 aromatic rings. The van der Waals surface area contributed by atoms with Crippen molar-refractivity contribution < 1.29 is 9.59 Å². The lowest BCUT2D eigenvalue weighted by molar-refractivity contribution is -0.133. The van der Waals surface area contributed by atoms with Gasteiger partial charge in [0, 0.05) is 57.1 Å². The van der Waals surface area contributed by atoms with Gasteiger partial charge in [-0.1, -0.05) is 19.3 Å². The smallest absolute Gasteiger partial charge is 0.315 e. The lowest BCUT2D eigenvalue weighted by atomic mass is 9.96. The molecule has 2 N–H and O–H groups in total. The molecule has 0 bridgehead atoms. The fourth-order valence-electron chi connectivity index (χ4n) is 3.95. The Labute approximate surface area is 171 Å². The highest BCUT2D eigenvalue weighted by atomic mass is 32.1. The van der Waals surface area contributed by atoms with Crippen LogP contribution in [0.3, 0.4) is 0 Å². The van der Waals surface area contributed by atoms with Gasteiger partial charge in [-0.05, 0) is 26.2 Å². The van der Waals surface area contributed by atoms with Crippen LogP contribution in [0.15, 0.2) is 5.38 Å². The van der Waals surface area contributed by atoms with Gasteiger partial charge in [-0.2, -0.15) is 0 Å². The minimum atomic E-state index is -0.0924. The molecule has 8 heteroatoms. The normalized spacial score (nSPS) is 18.8. The summed E-state index contributed by atoms with van der Waals surface area (Å²) in [5.74, 6) is 0.193. The van der Waals surface area contributed by atoms with Crippen LogP contribution in [-0.2, 0) is 11.3 Å². The van der Waals surface area contributed by atoms with Gasteiger partial charge in [-0.25, -0.2) is 9.78 Å². The Morgan fingerprint density at radius 2 is 1.93 bits per heavy atom. The first-order chi connectivity index (χ1) is 13.6. The van der Waals surface area contributed by atoms with Gasteiger partial charge in [-0.15, -0.1) is 11.3 Å². The fraction of sp³-hybridized carbons (Fsp3) is 0.750. The van der Waals surface area contributed by atoms with Crippen molar-refractivity contribution in [3.05, 3.63) is 16.1 Å². The summed E-state index contributed by atoms with van der Waals surface area (Å²) in [5.41, 5.74) is 1.12. The Hall–Kier alpha value is -1.67. The van der Waals surface area contributed by atoms with Crippen molar-refractivity contribution in [1.29, 1.82) is 0 Å². The quantitative estimate of drug-likeness (QED) is 0.681. The van der Waals surface area contributed by atoms with Crippen LogP contribution in [0, 0.1) is 6.92 Å². The SMILES string of the molecule is Cc1nc(CN2CCN(C(=O)CCCNC(=O)NC3CCCCC3)CC2)cs1. The van der Waals surface area contributed by atoms with Crippen molar-refractivity contribution in [2.75, 3.05) is 32.7 Å². The number of nitrogens with zero attached hydrogens (tertiary/aromatic N) is 3. The number of carbonyl (C=O) groups excluding carboxylic acids is 2. The van der Waals surface area contributed by atoms with Crippen LogP contribution in [0.5, 0.6) is 0 Å². The molecule has 1 saturated heterocycles. The molecule has 0 atom stereocenters. The number of hydrogen-bond donors (Lipinski definition) is 2. The number of nitrogens with one attached hydrogen (secondary N) is 2. The van der Waals surface area contributed by atoms with Gasteiger partial charge in [0.15, 0.2) is 0 Å². The van der Waals surface area contributed by atoms with Gasteiger partial charge >= 0.3 is 6.03 Å². The van der Waals surface area contributed by atoms with E-state index in [1.54, 1.807) is 11.3 Å². The van der Waals surface area contributed by atoms with E-state index in [-0.39, 0.29) is 11.9 Å². The van der Waals surface area contributed by atoms with Crippen LogP contribution in [0.25, 0.3) is 0 Å². The summed E-state index contributed by atoms with van der Waals surface area (Å²) >= 11 is 1.68. The zero-order valence-corrected chi connectivity index (χ0v) is 17.7. The molecule has 1 aliphatic heterocycles. The molecule has 3 amide bonds. The average Bonchev–Trinajstić information content (AvgIpc) is 3.11. The molecular formula is C20H33N5O2S. The molecule has 2 aliphatic rings. The van der Waals surface area contributed by atoms with Crippen LogP contribution >= 0.6 is 11.3 Å². The fourth-order valence-corrected chi connectivity index (χ4v) is 4.55. The van der Waals surface area contributed by atoms with Crippen molar-refractivity contribution in [2.24, 2.45) is 0 Å². The highest BCUT2D eigenvalue weighted by Crippen LogP contribution is 2.17. The van der Waals surface area contributed by atoms with E-state index in [4.69, 9.17) is 0 Å². The van der Waals surface area contributed by atoms with E-state index in [9.17, 15) is 9.59 Å². The molecule has 156 valence electrons. The molecule has 3 rings (SSSR count). The van der Waals surface area contributed by atoms with Crippen molar-refractivity contribution >= 4 is 23.3 Å². The summed E-state index contributed by atoms with van der Waals surface area (Å²) < 4.78 is 0. The van der Waals surface area contributed by atoms with Gasteiger partial charge in [-0.3, -0.25) is 9.69 Å². The summed E-state index contributed by atoms with van der Waals surface area (Å²) in [6.07, 6.45) is 7.04. The number of rotatable bonds is 7. The van der Waals surface area contributed by atoms with E-state index in [1.165, 1.54) is 19.3 Å². The second-order valence-corrected chi connectivity index (χ2v) is 8.92. The zero-order chi connectivity index (χ0) is 19.8. The summed E-state index contributed by atoms with van der Waals surface area (Å²) in [7, 11) is 0. The van der Waals surface area contributed by atoms with Gasteiger partial charge in [0.05, 0.1) is 10.7 Å². The molecule has 28 heavy (non-hydrogen) atoms. The maximum absolute atomic E-state index is 12.4. The minimum Gasteiger partial charge on any atom is -0.340 e. The largest absolute Gasteiger partial charge is 0.340 e. The molecule has 0 radical (unpaired) electrons. The maximum Gasteiger partial charge on any atom is 0.315 e. The molecule has 0 unspecified atom stereocenters. The third-order valence-corrected chi connectivity index (χ3v) is 6.39. The maximum atomic E-state index is 12.4. The number of aromatic nitrogens is 1. The van der Waals surface area contributed by atoms with Gasteiger partial charge in [0.2, 0.25) is 5.91 Å². The van der Waals surface area contributed by atoms with E-state index in [2.05, 4.69) is 25.9 Å². The summed E-state index contributed by atoms with van der Waals surface area (Å²) in [5, 5.41) is 9.15. The lowest BCUT2D eigenvalue weighted by Crippen LogP contribution is -2.48. The van der Waals surface area contributed by atoms with Crippen molar-refractivity contribution in [3.63, 3.8) is 0 Å². The Bertz CT molecular complexity index is 636. The molecule has 1 aliphatic carbocycles. The molecule has 2 fully saturated rings. The molecule has 2 heterocycles. The van der Waals surface area contributed by atoms with E-state index in [0.717, 1.165) is 56.3 Å². The van der Waals surface area contributed by atoms with Crippen molar-refractivity contribution in [1.82, 2.24) is 25.4 Å². The third-order valence-electron chi connectivity index (χ3n) is 5.57. The molecule has 1 aromatic heterocycles. The van der Waals surface area contributed by atoms with Crippen molar-refractivity contribution in [3.8, 4) is 0 Å². The predicted molar refractivity (Wildman–Crippen MR) is 111 cm³/mol. The summed E-state index contributed by atoms with van der Waals surface area (Å²) in [6.45, 7) is 6.78. The number of carbonyl (C=O) groups is 2. The average molecular weight is 408 g/mol. The Balaban J connectivity index is 1.25. The number of amides is 3. The Morgan fingerprint density at radius 3 is 2.61 bits per heavy atom. The van der Waals surface area contributed by atoms with Crippen LogP contribution in [-0.4, -0.2) is 65.5 Å². The first kappa shape index (κ1) is 21.0. The molecule has 7 nitrogen and oxygen atoms in total. The Kier molecular flexibility index (Phi) is 8.09. The minimum absolute atomic E-state index is 0.0924. The predicted octanol–water partition coefficient (Wildman–Crippen LogP) is 2.51. The van der Waals surface area contributed by atoms with E-state index >= 15 is 0 Å². The highest BCUT2D eigenvalue weighted by Gasteiger charge is 2.21. The summed E-state index contributed by atoms with van der Waals surface area (Å²) in [4.78, 5) is 33.1. The first-order valence-electron chi connectivity index (χ1n) is 10.6. The van der Waals surface area contributed by atoms with Gasteiger partial charge in [0.1, 0.15) is 0 Å². The van der Waals surface area contributed by atoms with Crippen LogP contribution in [0.2, 0.25) is 0 Å². The summed E-state index contributed by atoms with van der Waals surface area (Å²) in [6, 6.07) is 0.227. The second kappa shape index (κ2) is 10.8. The van der Waals surface area contributed by atoms with Crippen molar-refractivity contribution in [2.45, 2.75) is 64.5 Å². The zero-order valence-electron chi connectivity index (χ0n) is 16.9. The van der Waals surface area contributed by atoms with Crippen LogP contribution < -0.4 is 10.6 Å². The molecule has 0 spiro atoms. The topological polar surface area (TPSA) is 77.6 Å².